The molecular formula is C14H23NO3S. The van der Waals surface area contributed by atoms with E-state index in [1.807, 2.05) is 0 Å². The van der Waals surface area contributed by atoms with Crippen LogP contribution in [0.15, 0.2) is 12.2 Å². The second kappa shape index (κ2) is 6.07. The van der Waals surface area contributed by atoms with Gasteiger partial charge in [0.1, 0.15) is 9.84 Å². The van der Waals surface area contributed by atoms with Crippen molar-refractivity contribution in [2.24, 2.45) is 5.92 Å². The number of amides is 1. The first-order valence-electron chi connectivity index (χ1n) is 7.11. The third kappa shape index (κ3) is 4.06. The van der Waals surface area contributed by atoms with E-state index in [0.29, 0.717) is 6.42 Å². The minimum Gasteiger partial charge on any atom is -0.353 e. The second-order valence-electron chi connectivity index (χ2n) is 5.81. The van der Waals surface area contributed by atoms with Crippen molar-refractivity contribution in [3.63, 3.8) is 0 Å². The fraction of sp³-hybridized carbons (Fsp3) is 0.786. The predicted octanol–water partition coefficient (Wildman–Crippen LogP) is 1.81. The summed E-state index contributed by atoms with van der Waals surface area (Å²) in [6, 6.07) is 0.0341. The van der Waals surface area contributed by atoms with Crippen LogP contribution < -0.4 is 5.32 Å². The fourth-order valence-corrected chi connectivity index (χ4v) is 4.19. The molecule has 2 rings (SSSR count). The van der Waals surface area contributed by atoms with E-state index in [-0.39, 0.29) is 23.1 Å². The average Bonchev–Trinajstić information content (AvgIpc) is 2.39. The predicted molar refractivity (Wildman–Crippen MR) is 75.5 cm³/mol. The minimum atomic E-state index is -2.98. The van der Waals surface area contributed by atoms with Crippen LogP contribution in [-0.2, 0) is 14.6 Å². The lowest BCUT2D eigenvalue weighted by Crippen LogP contribution is -2.44. The smallest absolute Gasteiger partial charge is 0.223 e. The number of hydrogen-bond acceptors (Lipinski definition) is 3. The first-order valence-corrected chi connectivity index (χ1v) is 9.06. The molecule has 0 unspecified atom stereocenters. The Morgan fingerprint density at radius 3 is 2.63 bits per heavy atom. The van der Waals surface area contributed by atoms with Gasteiger partial charge in [-0.2, -0.15) is 0 Å². The number of carbonyl (C=O) groups excluding carboxylic acids is 1. The van der Waals surface area contributed by atoms with Crippen LogP contribution in [0.1, 0.15) is 44.9 Å². The maximum atomic E-state index is 12.1. The van der Waals surface area contributed by atoms with Gasteiger partial charge < -0.3 is 5.32 Å². The second-order valence-corrected chi connectivity index (χ2v) is 8.13. The van der Waals surface area contributed by atoms with Gasteiger partial charge in [-0.3, -0.25) is 4.79 Å². The molecule has 19 heavy (non-hydrogen) atoms. The van der Waals surface area contributed by atoms with Crippen molar-refractivity contribution < 1.29 is 13.2 Å². The summed E-state index contributed by atoms with van der Waals surface area (Å²) in [5.74, 6) is 0.173. The molecule has 0 aromatic heterocycles. The summed E-state index contributed by atoms with van der Waals surface area (Å²) in [7, 11) is -2.98. The van der Waals surface area contributed by atoms with Crippen LogP contribution >= 0.6 is 0 Å². The summed E-state index contributed by atoms with van der Waals surface area (Å²) in [6.07, 6.45) is 11.3. The Bertz CT molecular complexity index is 455. The number of hydrogen-bond donors (Lipinski definition) is 1. The van der Waals surface area contributed by atoms with E-state index in [2.05, 4.69) is 17.5 Å². The van der Waals surface area contributed by atoms with Gasteiger partial charge in [0.25, 0.3) is 0 Å². The minimum absolute atomic E-state index is 0.0341. The largest absolute Gasteiger partial charge is 0.353 e. The Balaban J connectivity index is 1.88. The molecule has 0 heterocycles. The number of sulfone groups is 1. The number of carbonyl (C=O) groups is 1. The molecule has 0 radical (unpaired) electrons. The molecule has 5 heteroatoms. The van der Waals surface area contributed by atoms with Crippen molar-refractivity contribution in [1.29, 1.82) is 0 Å². The van der Waals surface area contributed by atoms with Crippen LogP contribution in [0.2, 0.25) is 0 Å². The molecule has 0 saturated heterocycles. The van der Waals surface area contributed by atoms with Crippen molar-refractivity contribution in [3.8, 4) is 0 Å². The molecule has 3 atom stereocenters. The first kappa shape index (κ1) is 14.6. The molecule has 4 nitrogen and oxygen atoms in total. The van der Waals surface area contributed by atoms with Gasteiger partial charge in [-0.15, -0.1) is 0 Å². The van der Waals surface area contributed by atoms with Gasteiger partial charge in [-0.05, 0) is 38.5 Å². The van der Waals surface area contributed by atoms with Crippen molar-refractivity contribution in [1.82, 2.24) is 5.32 Å². The topological polar surface area (TPSA) is 63.2 Å². The molecule has 0 aliphatic heterocycles. The van der Waals surface area contributed by atoms with Gasteiger partial charge in [0.05, 0.1) is 5.25 Å². The van der Waals surface area contributed by atoms with E-state index in [1.54, 1.807) is 0 Å². The highest BCUT2D eigenvalue weighted by Gasteiger charge is 2.30. The molecule has 0 aromatic carbocycles. The van der Waals surface area contributed by atoms with Gasteiger partial charge in [0.2, 0.25) is 5.91 Å². The summed E-state index contributed by atoms with van der Waals surface area (Å²) in [4.78, 5) is 12.1. The molecule has 1 N–H and O–H groups in total. The fourth-order valence-electron chi connectivity index (χ4n) is 3.02. The van der Waals surface area contributed by atoms with Crippen molar-refractivity contribution in [3.05, 3.63) is 12.2 Å². The van der Waals surface area contributed by atoms with E-state index < -0.39 is 9.84 Å². The molecule has 2 aliphatic carbocycles. The van der Waals surface area contributed by atoms with Gasteiger partial charge in [-0.25, -0.2) is 8.42 Å². The maximum Gasteiger partial charge on any atom is 0.223 e. The summed E-state index contributed by atoms with van der Waals surface area (Å²) in [5, 5.41) is 2.77. The summed E-state index contributed by atoms with van der Waals surface area (Å²) >= 11 is 0. The third-order valence-corrected chi connectivity index (χ3v) is 5.86. The van der Waals surface area contributed by atoms with Crippen LogP contribution in [0.5, 0.6) is 0 Å². The van der Waals surface area contributed by atoms with Crippen molar-refractivity contribution in [2.45, 2.75) is 56.2 Å². The molecular weight excluding hydrogens is 262 g/mol. The van der Waals surface area contributed by atoms with E-state index in [1.165, 1.54) is 6.26 Å². The Morgan fingerprint density at radius 2 is 2.00 bits per heavy atom. The monoisotopic (exact) mass is 285 g/mol. The van der Waals surface area contributed by atoms with Crippen LogP contribution in [-0.4, -0.2) is 31.9 Å². The van der Waals surface area contributed by atoms with E-state index in [0.717, 1.165) is 38.5 Å². The highest BCUT2D eigenvalue weighted by molar-refractivity contribution is 7.91. The standard InChI is InChI=1S/C14H23NO3S/c1-19(17,18)13-9-5-8-12(10-13)15-14(16)11-6-3-2-4-7-11/h2-3,11-13H,4-10H2,1H3,(H,15,16)/t11-,12+,13-/m1/s1. The third-order valence-electron chi connectivity index (χ3n) is 4.22. The Kier molecular flexibility index (Phi) is 4.66. The van der Waals surface area contributed by atoms with Gasteiger partial charge >= 0.3 is 0 Å². The molecule has 0 spiro atoms. The Labute approximate surface area is 115 Å². The lowest BCUT2D eigenvalue weighted by atomic mass is 9.91. The van der Waals surface area contributed by atoms with Gasteiger partial charge in [-0.1, -0.05) is 18.6 Å². The molecule has 1 amide bonds. The van der Waals surface area contributed by atoms with Gasteiger partial charge in [0, 0.05) is 18.2 Å². The van der Waals surface area contributed by atoms with Crippen molar-refractivity contribution in [2.75, 3.05) is 6.26 Å². The highest BCUT2D eigenvalue weighted by Crippen LogP contribution is 2.25. The summed E-state index contributed by atoms with van der Waals surface area (Å²) in [6.45, 7) is 0. The van der Waals surface area contributed by atoms with E-state index in [9.17, 15) is 13.2 Å². The average molecular weight is 285 g/mol. The normalized spacial score (nSPS) is 31.9. The Morgan fingerprint density at radius 1 is 1.21 bits per heavy atom. The lowest BCUT2D eigenvalue weighted by Gasteiger charge is -2.30. The zero-order valence-electron chi connectivity index (χ0n) is 11.5. The zero-order chi connectivity index (χ0) is 13.9. The first-order chi connectivity index (χ1) is 8.97. The Hall–Kier alpha value is -0.840. The van der Waals surface area contributed by atoms with E-state index in [4.69, 9.17) is 0 Å². The molecule has 0 aromatic rings. The number of allylic oxidation sites excluding steroid dienone is 2. The summed E-state index contributed by atoms with van der Waals surface area (Å²) in [5.41, 5.74) is 0. The summed E-state index contributed by atoms with van der Waals surface area (Å²) < 4.78 is 23.2. The van der Waals surface area contributed by atoms with E-state index >= 15 is 0 Å². The SMILES string of the molecule is CS(=O)(=O)[C@@H]1CCC[C@H](NC(=O)[C@@H]2CC=CCC2)C1. The highest BCUT2D eigenvalue weighted by atomic mass is 32.2. The van der Waals surface area contributed by atoms with Gasteiger partial charge in [0.15, 0.2) is 0 Å². The number of nitrogens with one attached hydrogen (secondary N) is 1. The lowest BCUT2D eigenvalue weighted by molar-refractivity contribution is -0.126. The molecule has 2 aliphatic rings. The molecule has 1 fully saturated rings. The van der Waals surface area contributed by atoms with Crippen LogP contribution in [0.3, 0.4) is 0 Å². The molecule has 0 bridgehead atoms. The van der Waals surface area contributed by atoms with Crippen LogP contribution in [0.4, 0.5) is 0 Å². The van der Waals surface area contributed by atoms with Crippen molar-refractivity contribution >= 4 is 15.7 Å². The quantitative estimate of drug-likeness (QED) is 0.804. The number of rotatable bonds is 3. The molecule has 108 valence electrons. The molecule has 1 saturated carbocycles. The zero-order valence-corrected chi connectivity index (χ0v) is 12.3. The maximum absolute atomic E-state index is 12.1. The van der Waals surface area contributed by atoms with Crippen LogP contribution in [0.25, 0.3) is 0 Å². The van der Waals surface area contributed by atoms with Crippen LogP contribution in [0, 0.1) is 5.92 Å².